The fraction of sp³-hybridized carbons (Fsp3) is 0.360. The van der Waals surface area contributed by atoms with Crippen LogP contribution in [-0.4, -0.2) is 45.7 Å². The number of nitrogens with zero attached hydrogens (tertiary/aromatic N) is 3. The highest BCUT2D eigenvalue weighted by Gasteiger charge is 2.41. The largest absolute Gasteiger partial charge is 0.427 e. The number of carbonyl (C=O) groups is 2. The molecule has 5 rings (SSSR count). The number of likely N-dealkylation sites (tertiary alicyclic amines) is 1. The molecule has 34 heavy (non-hydrogen) atoms. The first-order chi connectivity index (χ1) is 16.5. The minimum atomic E-state index is -1.33. The molecule has 3 aromatic rings. The normalized spacial score (nSPS) is 20.8. The molecule has 1 aromatic heterocycles. The first-order valence-corrected chi connectivity index (χ1v) is 11.3. The predicted molar refractivity (Wildman–Crippen MR) is 118 cm³/mol. The predicted octanol–water partition coefficient (Wildman–Crippen LogP) is 3.47. The average molecular weight is 466 g/mol. The van der Waals surface area contributed by atoms with Crippen molar-refractivity contribution in [1.82, 2.24) is 20.4 Å². The highest BCUT2D eigenvalue weighted by atomic mass is 19.1. The molecule has 2 aromatic carbocycles. The zero-order valence-corrected chi connectivity index (χ0v) is 18.4. The van der Waals surface area contributed by atoms with Gasteiger partial charge in [0.25, 0.3) is 0 Å². The van der Waals surface area contributed by atoms with Gasteiger partial charge >= 0.3 is 0 Å². The number of amides is 2. The Kier molecular flexibility index (Phi) is 6.08. The van der Waals surface area contributed by atoms with Crippen molar-refractivity contribution in [1.29, 1.82) is 0 Å². The molecule has 3 unspecified atom stereocenters. The fourth-order valence-corrected chi connectivity index (χ4v) is 4.50. The molecular formula is C25H24F2N4O3. The van der Waals surface area contributed by atoms with Crippen molar-refractivity contribution < 1.29 is 22.8 Å². The van der Waals surface area contributed by atoms with Crippen LogP contribution in [0.3, 0.4) is 0 Å². The van der Waals surface area contributed by atoms with E-state index >= 15 is 0 Å². The van der Waals surface area contributed by atoms with Gasteiger partial charge in [-0.3, -0.25) is 9.59 Å². The molecule has 1 saturated carbocycles. The Morgan fingerprint density at radius 1 is 1.15 bits per heavy atom. The van der Waals surface area contributed by atoms with E-state index in [1.807, 2.05) is 36.4 Å². The number of alkyl halides is 1. The first-order valence-electron chi connectivity index (χ1n) is 11.3. The zero-order valence-electron chi connectivity index (χ0n) is 18.4. The third kappa shape index (κ3) is 4.69. The molecule has 9 heteroatoms. The van der Waals surface area contributed by atoms with Gasteiger partial charge in [0.2, 0.25) is 24.1 Å². The molecule has 7 nitrogen and oxygen atoms in total. The van der Waals surface area contributed by atoms with Crippen molar-refractivity contribution in [2.24, 2.45) is 0 Å². The van der Waals surface area contributed by atoms with E-state index in [2.05, 4.69) is 15.5 Å². The number of benzene rings is 2. The Balaban J connectivity index is 1.38. The third-order valence-corrected chi connectivity index (χ3v) is 6.38. The van der Waals surface area contributed by atoms with Crippen LogP contribution in [0.4, 0.5) is 8.78 Å². The molecule has 2 amide bonds. The van der Waals surface area contributed by atoms with Crippen LogP contribution in [0, 0.1) is 5.82 Å². The highest BCUT2D eigenvalue weighted by Crippen LogP contribution is 2.42. The number of halogens is 2. The summed E-state index contributed by atoms with van der Waals surface area (Å²) in [6.45, 7) is -0.189. The summed E-state index contributed by atoms with van der Waals surface area (Å²) >= 11 is 0. The summed E-state index contributed by atoms with van der Waals surface area (Å²) in [7, 11) is 0. The second kappa shape index (κ2) is 9.32. The SMILES string of the molecule is O=C(NC(c1ccccc1)c1ccc(C2CC2)c(F)c1)C1CC(F)CN1C(=O)Cc1nnco1. The molecule has 2 aliphatic rings. The van der Waals surface area contributed by atoms with E-state index < -0.39 is 30.1 Å². The lowest BCUT2D eigenvalue weighted by Crippen LogP contribution is -2.47. The molecule has 1 saturated heterocycles. The quantitative estimate of drug-likeness (QED) is 0.576. The molecule has 2 heterocycles. The number of hydrogen-bond donors (Lipinski definition) is 1. The van der Waals surface area contributed by atoms with Crippen molar-refractivity contribution in [3.8, 4) is 0 Å². The van der Waals surface area contributed by atoms with Crippen LogP contribution >= 0.6 is 0 Å². The molecule has 176 valence electrons. The topological polar surface area (TPSA) is 88.3 Å². The third-order valence-electron chi connectivity index (χ3n) is 6.38. The lowest BCUT2D eigenvalue weighted by molar-refractivity contribution is -0.138. The average Bonchev–Trinajstić information content (AvgIpc) is 3.40. The van der Waals surface area contributed by atoms with E-state index in [4.69, 9.17) is 4.42 Å². The van der Waals surface area contributed by atoms with Gasteiger partial charge in [0.05, 0.1) is 12.6 Å². The molecule has 0 spiro atoms. The van der Waals surface area contributed by atoms with Crippen LogP contribution < -0.4 is 5.32 Å². The number of hydrogen-bond acceptors (Lipinski definition) is 5. The summed E-state index contributed by atoms with van der Waals surface area (Å²) in [5, 5.41) is 10.1. The van der Waals surface area contributed by atoms with E-state index in [1.54, 1.807) is 6.07 Å². The standard InChI is InChI=1S/C25H24F2N4O3/c26-18-11-21(31(13-18)23(32)12-22-30-28-14-34-22)25(33)29-24(16-4-2-1-3-5-16)17-8-9-19(15-6-7-15)20(27)10-17/h1-5,8-10,14-15,18,21,24H,6-7,11-13H2,(H,29,33). The maximum absolute atomic E-state index is 14.8. The maximum Gasteiger partial charge on any atom is 0.243 e. The highest BCUT2D eigenvalue weighted by molar-refractivity contribution is 5.89. The number of nitrogens with one attached hydrogen (secondary N) is 1. The molecule has 2 fully saturated rings. The van der Waals surface area contributed by atoms with Gasteiger partial charge in [0, 0.05) is 6.42 Å². The van der Waals surface area contributed by atoms with Crippen LogP contribution in [0.25, 0.3) is 0 Å². The fourth-order valence-electron chi connectivity index (χ4n) is 4.50. The molecule has 0 radical (unpaired) electrons. The van der Waals surface area contributed by atoms with Gasteiger partial charge in [0.15, 0.2) is 0 Å². The zero-order chi connectivity index (χ0) is 23.7. The van der Waals surface area contributed by atoms with E-state index in [0.717, 1.165) is 24.8 Å². The van der Waals surface area contributed by atoms with Gasteiger partial charge in [0.1, 0.15) is 24.5 Å². The second-order valence-electron chi connectivity index (χ2n) is 8.81. The van der Waals surface area contributed by atoms with Crippen molar-refractivity contribution in [3.05, 3.63) is 83.3 Å². The molecule has 0 bridgehead atoms. The second-order valence-corrected chi connectivity index (χ2v) is 8.81. The van der Waals surface area contributed by atoms with Crippen molar-refractivity contribution in [3.63, 3.8) is 0 Å². The van der Waals surface area contributed by atoms with E-state index in [1.165, 1.54) is 11.0 Å². The number of carbonyl (C=O) groups excluding carboxylic acids is 2. The minimum absolute atomic E-state index is 0.0971. The lowest BCUT2D eigenvalue weighted by Gasteiger charge is -2.27. The van der Waals surface area contributed by atoms with Crippen LogP contribution in [0.15, 0.2) is 59.3 Å². The van der Waals surface area contributed by atoms with Gasteiger partial charge in [-0.1, -0.05) is 42.5 Å². The van der Waals surface area contributed by atoms with E-state index in [-0.39, 0.29) is 37.0 Å². The lowest BCUT2D eigenvalue weighted by atomic mass is 9.96. The Bertz CT molecular complexity index is 1170. The summed E-state index contributed by atoms with van der Waals surface area (Å²) in [5.74, 6) is -0.909. The van der Waals surface area contributed by atoms with E-state index in [0.29, 0.717) is 11.1 Å². The van der Waals surface area contributed by atoms with Gasteiger partial charge < -0.3 is 14.6 Å². The molecular weight excluding hydrogens is 442 g/mol. The van der Waals surface area contributed by atoms with Gasteiger partial charge in [-0.15, -0.1) is 10.2 Å². The minimum Gasteiger partial charge on any atom is -0.427 e. The van der Waals surface area contributed by atoms with Crippen molar-refractivity contribution >= 4 is 11.8 Å². The smallest absolute Gasteiger partial charge is 0.243 e. The van der Waals surface area contributed by atoms with Crippen LogP contribution in [-0.2, 0) is 16.0 Å². The Hall–Kier alpha value is -3.62. The van der Waals surface area contributed by atoms with Crippen molar-refractivity contribution in [2.45, 2.75) is 49.9 Å². The molecule has 1 aliphatic carbocycles. The maximum atomic E-state index is 14.8. The molecule has 3 atom stereocenters. The van der Waals surface area contributed by atoms with Crippen LogP contribution in [0.5, 0.6) is 0 Å². The molecule has 1 aliphatic heterocycles. The van der Waals surface area contributed by atoms with Crippen LogP contribution in [0.2, 0.25) is 0 Å². The molecule has 1 N–H and O–H groups in total. The van der Waals surface area contributed by atoms with Crippen LogP contribution in [0.1, 0.15) is 53.8 Å². The summed E-state index contributed by atoms with van der Waals surface area (Å²) < 4.78 is 34.1. The summed E-state index contributed by atoms with van der Waals surface area (Å²) in [6.07, 6.45) is 1.41. The van der Waals surface area contributed by atoms with Gasteiger partial charge in [-0.2, -0.15) is 0 Å². The monoisotopic (exact) mass is 466 g/mol. The number of aromatic nitrogens is 2. The van der Waals surface area contributed by atoms with Crippen molar-refractivity contribution in [2.75, 3.05) is 6.54 Å². The van der Waals surface area contributed by atoms with Gasteiger partial charge in [-0.05, 0) is 41.5 Å². The van der Waals surface area contributed by atoms with Gasteiger partial charge in [-0.25, -0.2) is 8.78 Å². The summed E-state index contributed by atoms with van der Waals surface area (Å²) in [4.78, 5) is 27.3. The van der Waals surface area contributed by atoms with E-state index in [9.17, 15) is 18.4 Å². The number of rotatable bonds is 7. The Morgan fingerprint density at radius 2 is 1.94 bits per heavy atom. The first kappa shape index (κ1) is 22.2. The Labute approximate surface area is 195 Å². The Morgan fingerprint density at radius 3 is 2.62 bits per heavy atom. The summed E-state index contributed by atoms with van der Waals surface area (Å²) in [6, 6.07) is 12.6. The summed E-state index contributed by atoms with van der Waals surface area (Å²) in [5.41, 5.74) is 2.03.